The fraction of sp³-hybridized carbons (Fsp3) is 0.300. The van der Waals surface area contributed by atoms with Crippen LogP contribution in [0.2, 0.25) is 0 Å². The largest absolute Gasteiger partial charge is 0.303 e. The number of hydrogen-bond donors (Lipinski definition) is 1. The van der Waals surface area contributed by atoms with E-state index in [1.807, 2.05) is 0 Å². The van der Waals surface area contributed by atoms with Crippen molar-refractivity contribution in [2.24, 2.45) is 5.14 Å². The highest BCUT2D eigenvalue weighted by Crippen LogP contribution is 2.35. The molecule has 0 aromatic heterocycles. The molecule has 0 aliphatic carbocycles. The Bertz CT molecular complexity index is 736. The van der Waals surface area contributed by atoms with Crippen molar-refractivity contribution in [3.8, 4) is 0 Å². The standard InChI is InChI=1S/C10H9F2N3O5S/c11-6-1-2-7(15(17)18)10(9(6)12)14-4-5(3-8(14)16)21(13,19)20/h1-2,5H,3-4H2,(H2,13,19,20). The monoisotopic (exact) mass is 321 g/mol. The second-order valence-corrected chi connectivity index (χ2v) is 6.25. The van der Waals surface area contributed by atoms with E-state index < -0.39 is 62.1 Å². The van der Waals surface area contributed by atoms with Gasteiger partial charge in [-0.05, 0) is 6.07 Å². The van der Waals surface area contributed by atoms with E-state index in [0.717, 1.165) is 0 Å². The number of sulfonamides is 1. The second kappa shape index (κ2) is 5.00. The van der Waals surface area contributed by atoms with Crippen LogP contribution in [-0.4, -0.2) is 31.0 Å². The molecule has 1 saturated heterocycles. The van der Waals surface area contributed by atoms with Gasteiger partial charge in [-0.2, -0.15) is 0 Å². The van der Waals surface area contributed by atoms with Crippen LogP contribution in [0.1, 0.15) is 6.42 Å². The molecule has 1 unspecified atom stereocenters. The molecule has 2 rings (SSSR count). The summed E-state index contributed by atoms with van der Waals surface area (Å²) in [6.45, 7) is -0.571. The number of halogens is 2. The van der Waals surface area contributed by atoms with Crippen LogP contribution in [0, 0.1) is 21.7 Å². The van der Waals surface area contributed by atoms with Gasteiger partial charge < -0.3 is 4.90 Å². The Morgan fingerprint density at radius 2 is 2.00 bits per heavy atom. The zero-order chi connectivity index (χ0) is 15.9. The molecule has 1 heterocycles. The molecule has 11 heteroatoms. The number of rotatable bonds is 3. The van der Waals surface area contributed by atoms with Gasteiger partial charge in [0.2, 0.25) is 15.9 Å². The van der Waals surface area contributed by atoms with Crippen LogP contribution < -0.4 is 10.0 Å². The van der Waals surface area contributed by atoms with Crippen LogP contribution in [0.25, 0.3) is 0 Å². The van der Waals surface area contributed by atoms with Crippen molar-refractivity contribution in [2.45, 2.75) is 11.7 Å². The molecule has 1 aromatic rings. The van der Waals surface area contributed by atoms with Gasteiger partial charge >= 0.3 is 0 Å². The Morgan fingerprint density at radius 1 is 1.38 bits per heavy atom. The lowest BCUT2D eigenvalue weighted by atomic mass is 10.2. The van der Waals surface area contributed by atoms with Crippen molar-refractivity contribution in [1.82, 2.24) is 0 Å². The second-order valence-electron chi connectivity index (χ2n) is 4.41. The van der Waals surface area contributed by atoms with Crippen LogP contribution in [0.3, 0.4) is 0 Å². The van der Waals surface area contributed by atoms with Crippen molar-refractivity contribution < 1.29 is 26.9 Å². The van der Waals surface area contributed by atoms with Crippen LogP contribution in [0.4, 0.5) is 20.2 Å². The number of nitro benzene ring substituents is 1. The van der Waals surface area contributed by atoms with E-state index in [0.29, 0.717) is 17.0 Å². The smallest absolute Gasteiger partial charge is 0.296 e. The Hall–Kier alpha value is -2.14. The van der Waals surface area contributed by atoms with Crippen LogP contribution in [0.15, 0.2) is 12.1 Å². The number of hydrogen-bond acceptors (Lipinski definition) is 5. The topological polar surface area (TPSA) is 124 Å². The summed E-state index contributed by atoms with van der Waals surface area (Å²) in [5.74, 6) is -3.86. The molecule has 1 fully saturated rings. The zero-order valence-corrected chi connectivity index (χ0v) is 11.1. The SMILES string of the molecule is NS(=O)(=O)C1CC(=O)N(c2c([N+](=O)[O-])ccc(F)c2F)C1. The van der Waals surface area contributed by atoms with Crippen molar-refractivity contribution in [3.05, 3.63) is 33.9 Å². The molecule has 1 aliphatic rings. The first-order valence-corrected chi connectivity index (χ1v) is 7.18. The molecule has 0 radical (unpaired) electrons. The number of carbonyl (C=O) groups is 1. The predicted molar refractivity (Wildman–Crippen MR) is 66.9 cm³/mol. The van der Waals surface area contributed by atoms with Gasteiger partial charge in [0.05, 0.1) is 4.92 Å². The summed E-state index contributed by atoms with van der Waals surface area (Å²) in [5.41, 5.74) is -1.73. The van der Waals surface area contributed by atoms with E-state index in [-0.39, 0.29) is 0 Å². The van der Waals surface area contributed by atoms with Crippen molar-refractivity contribution >= 4 is 27.3 Å². The summed E-state index contributed by atoms with van der Waals surface area (Å²) < 4.78 is 49.5. The quantitative estimate of drug-likeness (QED) is 0.632. The molecule has 1 atom stereocenters. The lowest BCUT2D eigenvalue weighted by Gasteiger charge is -2.17. The predicted octanol–water partition coefficient (Wildman–Crippen LogP) is 0.267. The Balaban J connectivity index is 2.55. The number of benzene rings is 1. The number of nitro groups is 1. The first-order chi connectivity index (χ1) is 9.62. The van der Waals surface area contributed by atoms with E-state index in [1.165, 1.54) is 0 Å². The number of primary sulfonamides is 1. The molecule has 0 bridgehead atoms. The van der Waals surface area contributed by atoms with Gasteiger partial charge in [-0.1, -0.05) is 0 Å². The van der Waals surface area contributed by atoms with Gasteiger partial charge in [-0.3, -0.25) is 14.9 Å². The van der Waals surface area contributed by atoms with Gasteiger partial charge in [-0.15, -0.1) is 0 Å². The van der Waals surface area contributed by atoms with Crippen molar-refractivity contribution in [3.63, 3.8) is 0 Å². The maximum Gasteiger partial charge on any atom is 0.296 e. The van der Waals surface area contributed by atoms with Crippen LogP contribution in [-0.2, 0) is 14.8 Å². The summed E-state index contributed by atoms with van der Waals surface area (Å²) >= 11 is 0. The maximum absolute atomic E-state index is 13.8. The highest BCUT2D eigenvalue weighted by molar-refractivity contribution is 7.89. The molecule has 1 aliphatic heterocycles. The molecule has 1 amide bonds. The first kappa shape index (κ1) is 15.3. The van der Waals surface area contributed by atoms with E-state index in [9.17, 15) is 32.1 Å². The fourth-order valence-corrected chi connectivity index (χ4v) is 2.78. The minimum Gasteiger partial charge on any atom is -0.303 e. The summed E-state index contributed by atoms with van der Waals surface area (Å²) in [5, 5.41) is 14.4. The molecule has 114 valence electrons. The van der Waals surface area contributed by atoms with Crippen LogP contribution in [0.5, 0.6) is 0 Å². The lowest BCUT2D eigenvalue weighted by Crippen LogP contribution is -2.32. The molecule has 1 aromatic carbocycles. The first-order valence-electron chi connectivity index (χ1n) is 5.57. The van der Waals surface area contributed by atoms with E-state index in [1.54, 1.807) is 0 Å². The maximum atomic E-state index is 13.8. The Kier molecular flexibility index (Phi) is 3.63. The highest BCUT2D eigenvalue weighted by atomic mass is 32.2. The zero-order valence-electron chi connectivity index (χ0n) is 10.3. The van der Waals surface area contributed by atoms with Gasteiger partial charge in [-0.25, -0.2) is 22.3 Å². The third-order valence-corrected chi connectivity index (χ3v) is 4.31. The normalized spacial score (nSPS) is 19.1. The molecule has 0 saturated carbocycles. The summed E-state index contributed by atoms with van der Waals surface area (Å²) in [7, 11) is -4.08. The molecular formula is C10H9F2N3O5S. The Morgan fingerprint density at radius 3 is 2.48 bits per heavy atom. The Labute approximate surface area is 117 Å². The number of anilines is 1. The average Bonchev–Trinajstić information content (AvgIpc) is 2.74. The third kappa shape index (κ3) is 2.69. The molecule has 21 heavy (non-hydrogen) atoms. The minimum atomic E-state index is -4.08. The van der Waals surface area contributed by atoms with E-state index in [2.05, 4.69) is 0 Å². The number of carbonyl (C=O) groups excluding carboxylic acids is 1. The molecule has 2 N–H and O–H groups in total. The number of amides is 1. The fourth-order valence-electron chi connectivity index (χ4n) is 2.04. The lowest BCUT2D eigenvalue weighted by molar-refractivity contribution is -0.384. The minimum absolute atomic E-state index is 0.533. The third-order valence-electron chi connectivity index (χ3n) is 3.07. The van der Waals surface area contributed by atoms with Crippen molar-refractivity contribution in [2.75, 3.05) is 11.4 Å². The van der Waals surface area contributed by atoms with Gasteiger partial charge in [0.15, 0.2) is 17.3 Å². The van der Waals surface area contributed by atoms with Crippen molar-refractivity contribution in [1.29, 1.82) is 0 Å². The van der Waals surface area contributed by atoms with E-state index in [4.69, 9.17) is 5.14 Å². The average molecular weight is 321 g/mol. The molecule has 0 spiro atoms. The van der Waals surface area contributed by atoms with Crippen LogP contribution >= 0.6 is 0 Å². The van der Waals surface area contributed by atoms with E-state index >= 15 is 0 Å². The summed E-state index contributed by atoms with van der Waals surface area (Å²) in [6.07, 6.45) is -0.550. The van der Waals surface area contributed by atoms with Gasteiger partial charge in [0.25, 0.3) is 5.69 Å². The summed E-state index contributed by atoms with van der Waals surface area (Å²) in [6, 6.07) is 1.25. The summed E-state index contributed by atoms with van der Waals surface area (Å²) in [4.78, 5) is 22.2. The number of nitrogens with two attached hydrogens (primary N) is 1. The van der Waals surface area contributed by atoms with Gasteiger partial charge in [0, 0.05) is 19.0 Å². The molecule has 8 nitrogen and oxygen atoms in total. The highest BCUT2D eigenvalue weighted by Gasteiger charge is 2.41. The number of nitrogens with zero attached hydrogens (tertiary/aromatic N) is 2. The molecular weight excluding hydrogens is 312 g/mol. The van der Waals surface area contributed by atoms with Gasteiger partial charge in [0.1, 0.15) is 5.25 Å².